The molecule has 2 nitrogen and oxygen atoms in total. The summed E-state index contributed by atoms with van der Waals surface area (Å²) in [6.07, 6.45) is 2.23. The lowest BCUT2D eigenvalue weighted by Gasteiger charge is -1.93. The van der Waals surface area contributed by atoms with Crippen molar-refractivity contribution >= 4 is 5.78 Å². The first-order valence-corrected chi connectivity index (χ1v) is 3.06. The average Bonchev–Trinajstić information content (AvgIpc) is 1.87. The van der Waals surface area contributed by atoms with E-state index in [2.05, 4.69) is 0 Å². The molecule has 0 amide bonds. The highest BCUT2D eigenvalue weighted by Crippen LogP contribution is 1.99. The van der Waals surface area contributed by atoms with E-state index in [-0.39, 0.29) is 5.78 Å². The van der Waals surface area contributed by atoms with E-state index in [1.807, 2.05) is 6.92 Å². The Kier molecular flexibility index (Phi) is 3.76. The van der Waals surface area contributed by atoms with E-state index in [9.17, 15) is 4.79 Å². The topological polar surface area (TPSA) is 37.3 Å². The Hall–Kier alpha value is -0.790. The van der Waals surface area contributed by atoms with Crippen LogP contribution >= 0.6 is 0 Å². The molecule has 52 valence electrons. The lowest BCUT2D eigenvalue weighted by molar-refractivity contribution is -0.115. The van der Waals surface area contributed by atoms with Crippen LogP contribution in [-0.2, 0) is 4.79 Å². The second kappa shape index (κ2) is 4.13. The van der Waals surface area contributed by atoms with Gasteiger partial charge >= 0.3 is 0 Å². The van der Waals surface area contributed by atoms with Crippen LogP contribution in [0.3, 0.4) is 0 Å². The molecule has 2 heteroatoms. The van der Waals surface area contributed by atoms with Gasteiger partial charge in [0.15, 0.2) is 5.78 Å². The molecule has 0 fully saturated rings. The number of rotatable bonds is 3. The summed E-state index contributed by atoms with van der Waals surface area (Å²) in [4.78, 5) is 10.7. The van der Waals surface area contributed by atoms with Crippen LogP contribution in [0.25, 0.3) is 0 Å². The highest BCUT2D eigenvalue weighted by Gasteiger charge is 2.00. The molecule has 0 unspecified atom stereocenters. The molecule has 9 heavy (non-hydrogen) atoms. The Balaban J connectivity index is 3.74. The minimum atomic E-state index is 0.0278. The molecule has 0 radical (unpaired) electrons. The Labute approximate surface area is 55.2 Å². The smallest absolute Gasteiger partial charge is 0.161 e. The van der Waals surface area contributed by atoms with Gasteiger partial charge in [-0.2, -0.15) is 0 Å². The zero-order valence-corrected chi connectivity index (χ0v) is 5.85. The minimum absolute atomic E-state index is 0.0278. The number of hydrogen-bond acceptors (Lipinski definition) is 2. The number of aliphatic hydroxyl groups excluding tert-OH is 1. The Morgan fingerprint density at radius 2 is 2.22 bits per heavy atom. The van der Waals surface area contributed by atoms with E-state index in [4.69, 9.17) is 5.11 Å². The van der Waals surface area contributed by atoms with Crippen LogP contribution in [0, 0.1) is 0 Å². The molecule has 0 rings (SSSR count). The van der Waals surface area contributed by atoms with Crippen LogP contribution in [0.1, 0.15) is 26.7 Å². The van der Waals surface area contributed by atoms with Crippen molar-refractivity contribution in [3.05, 3.63) is 11.8 Å². The van der Waals surface area contributed by atoms with Gasteiger partial charge in [-0.3, -0.25) is 4.79 Å². The largest absolute Gasteiger partial charge is 0.515 e. The van der Waals surface area contributed by atoms with Gasteiger partial charge in [-0.25, -0.2) is 0 Å². The van der Waals surface area contributed by atoms with Gasteiger partial charge in [-0.05, 0) is 13.3 Å². The van der Waals surface area contributed by atoms with Crippen LogP contribution < -0.4 is 0 Å². The maximum Gasteiger partial charge on any atom is 0.161 e. The highest BCUT2D eigenvalue weighted by molar-refractivity contribution is 5.94. The molecule has 0 aliphatic heterocycles. The van der Waals surface area contributed by atoms with E-state index in [1.54, 1.807) is 6.92 Å². The fourth-order valence-electron chi connectivity index (χ4n) is 0.496. The predicted octanol–water partition coefficient (Wildman–Crippen LogP) is 1.82. The van der Waals surface area contributed by atoms with Crippen molar-refractivity contribution in [1.82, 2.24) is 0 Å². The first kappa shape index (κ1) is 8.21. The zero-order chi connectivity index (χ0) is 7.28. The molecule has 0 spiro atoms. The van der Waals surface area contributed by atoms with Crippen molar-refractivity contribution in [2.24, 2.45) is 0 Å². The third-order valence-electron chi connectivity index (χ3n) is 1.11. The number of ketones is 1. The number of carbonyl (C=O) groups is 1. The molecule has 0 atom stereocenters. The van der Waals surface area contributed by atoms with Gasteiger partial charge in [0.2, 0.25) is 0 Å². The molecule has 1 N–H and O–H groups in total. The summed E-state index contributed by atoms with van der Waals surface area (Å²) in [6, 6.07) is 0. The third-order valence-corrected chi connectivity index (χ3v) is 1.11. The Morgan fingerprint density at radius 3 is 2.56 bits per heavy atom. The summed E-state index contributed by atoms with van der Waals surface area (Å²) >= 11 is 0. The monoisotopic (exact) mass is 128 g/mol. The van der Waals surface area contributed by atoms with Crippen LogP contribution in [0.5, 0.6) is 0 Å². The Bertz CT molecular complexity index is 125. The Morgan fingerprint density at radius 1 is 1.67 bits per heavy atom. The van der Waals surface area contributed by atoms with Crippen molar-refractivity contribution in [3.8, 4) is 0 Å². The van der Waals surface area contributed by atoms with Gasteiger partial charge < -0.3 is 5.11 Å². The van der Waals surface area contributed by atoms with E-state index < -0.39 is 0 Å². The molecule has 0 aliphatic rings. The fourth-order valence-corrected chi connectivity index (χ4v) is 0.496. The lowest BCUT2D eigenvalue weighted by Crippen LogP contribution is -1.97. The van der Waals surface area contributed by atoms with Gasteiger partial charge in [0.05, 0.1) is 6.26 Å². The molecule has 0 saturated carbocycles. The second-order valence-corrected chi connectivity index (χ2v) is 1.99. The van der Waals surface area contributed by atoms with Crippen LogP contribution in [-0.4, -0.2) is 10.9 Å². The molecule has 0 aliphatic carbocycles. The zero-order valence-electron chi connectivity index (χ0n) is 5.85. The quantitative estimate of drug-likeness (QED) is 0.465. The van der Waals surface area contributed by atoms with Crippen molar-refractivity contribution < 1.29 is 9.90 Å². The predicted molar refractivity (Wildman–Crippen MR) is 36.3 cm³/mol. The molecule has 0 aromatic carbocycles. The number of carbonyl (C=O) groups excluding carboxylic acids is 1. The number of aliphatic hydroxyl groups is 1. The summed E-state index contributed by atoms with van der Waals surface area (Å²) in [7, 11) is 0. The molecule has 0 aromatic heterocycles. The summed E-state index contributed by atoms with van der Waals surface area (Å²) in [5.41, 5.74) is 0.442. The molecule has 0 saturated heterocycles. The molecule has 0 heterocycles. The number of Topliss-reactive ketones (excluding diaryl/α,β-unsaturated/α-hetero) is 1. The molecular formula is C7H12O2. The maximum atomic E-state index is 10.7. The normalized spacial score (nSPS) is 11.6. The fraction of sp³-hybridized carbons (Fsp3) is 0.571. The first-order valence-electron chi connectivity index (χ1n) is 3.06. The molecular weight excluding hydrogens is 116 g/mol. The van der Waals surface area contributed by atoms with Gasteiger partial charge in [0.25, 0.3) is 0 Å². The molecule has 0 bridgehead atoms. The van der Waals surface area contributed by atoms with Gasteiger partial charge in [-0.1, -0.05) is 6.92 Å². The van der Waals surface area contributed by atoms with Crippen molar-refractivity contribution in [1.29, 1.82) is 0 Å². The molecule has 0 aromatic rings. The first-order chi connectivity index (χ1) is 4.22. The summed E-state index contributed by atoms with van der Waals surface area (Å²) < 4.78 is 0. The third kappa shape index (κ3) is 2.90. The standard InChI is InChI=1S/C7H12O2/c1-3-4-7(9)6(2)5-8/h5,8H,3-4H2,1-2H3/b6-5-. The summed E-state index contributed by atoms with van der Waals surface area (Å²) in [6.45, 7) is 3.54. The second-order valence-electron chi connectivity index (χ2n) is 1.99. The van der Waals surface area contributed by atoms with Crippen LogP contribution in [0.15, 0.2) is 11.8 Å². The number of hydrogen-bond donors (Lipinski definition) is 1. The maximum absolute atomic E-state index is 10.7. The SMILES string of the molecule is CCCC(=O)/C(C)=C\O. The van der Waals surface area contributed by atoms with Crippen molar-refractivity contribution in [2.75, 3.05) is 0 Å². The van der Waals surface area contributed by atoms with E-state index in [0.717, 1.165) is 12.7 Å². The van der Waals surface area contributed by atoms with E-state index >= 15 is 0 Å². The van der Waals surface area contributed by atoms with E-state index in [1.165, 1.54) is 0 Å². The number of allylic oxidation sites excluding steroid dienone is 1. The average molecular weight is 128 g/mol. The lowest BCUT2D eigenvalue weighted by atomic mass is 10.1. The van der Waals surface area contributed by atoms with Crippen molar-refractivity contribution in [3.63, 3.8) is 0 Å². The summed E-state index contributed by atoms with van der Waals surface area (Å²) in [5, 5.41) is 8.35. The van der Waals surface area contributed by atoms with Gasteiger partial charge in [-0.15, -0.1) is 0 Å². The van der Waals surface area contributed by atoms with Crippen LogP contribution in [0.4, 0.5) is 0 Å². The highest BCUT2D eigenvalue weighted by atomic mass is 16.2. The van der Waals surface area contributed by atoms with Gasteiger partial charge in [0.1, 0.15) is 0 Å². The van der Waals surface area contributed by atoms with Gasteiger partial charge in [0, 0.05) is 12.0 Å². The van der Waals surface area contributed by atoms with E-state index in [0.29, 0.717) is 12.0 Å². The van der Waals surface area contributed by atoms with Crippen molar-refractivity contribution in [2.45, 2.75) is 26.7 Å². The summed E-state index contributed by atoms with van der Waals surface area (Å²) in [5.74, 6) is 0.0278. The minimum Gasteiger partial charge on any atom is -0.515 e. The van der Waals surface area contributed by atoms with Crippen LogP contribution in [0.2, 0.25) is 0 Å².